The molecule has 0 amide bonds. The third-order valence-corrected chi connectivity index (χ3v) is 5.14. The SMILES string of the molecule is COC(S)CC[Si](OC)(OC)OC. The summed E-state index contributed by atoms with van der Waals surface area (Å²) in [5.41, 5.74) is -0.0904. The van der Waals surface area contributed by atoms with E-state index in [2.05, 4.69) is 12.6 Å². The first-order valence-corrected chi connectivity index (χ1v) is 6.45. The summed E-state index contributed by atoms with van der Waals surface area (Å²) >= 11 is 4.19. The molecule has 13 heavy (non-hydrogen) atoms. The fraction of sp³-hybridized carbons (Fsp3) is 1.00. The van der Waals surface area contributed by atoms with Crippen LogP contribution in [0.2, 0.25) is 6.04 Å². The molecule has 6 heteroatoms. The summed E-state index contributed by atoms with van der Waals surface area (Å²) in [6.07, 6.45) is 0.751. The normalized spacial score (nSPS) is 14.5. The molecule has 0 radical (unpaired) electrons. The van der Waals surface area contributed by atoms with Crippen LogP contribution in [-0.4, -0.2) is 42.7 Å². The summed E-state index contributed by atoms with van der Waals surface area (Å²) < 4.78 is 20.7. The van der Waals surface area contributed by atoms with Gasteiger partial charge in [0.2, 0.25) is 0 Å². The molecule has 0 rings (SSSR count). The minimum Gasteiger partial charge on any atom is -0.377 e. The first-order chi connectivity index (χ1) is 6.14. The second-order valence-electron chi connectivity index (χ2n) is 2.52. The molecular formula is C7H18O4SSi. The van der Waals surface area contributed by atoms with Gasteiger partial charge in [0.05, 0.1) is 5.44 Å². The summed E-state index contributed by atoms with van der Waals surface area (Å²) in [6, 6.07) is 0.707. The first kappa shape index (κ1) is 13.4. The standard InChI is InChI=1S/C7H18O4SSi/c1-8-7(12)5-6-13(9-2,10-3)11-4/h7,12H,5-6H2,1-4H3. The average molecular weight is 226 g/mol. The van der Waals surface area contributed by atoms with E-state index in [1.807, 2.05) is 0 Å². The predicted molar refractivity (Wildman–Crippen MR) is 56.0 cm³/mol. The molecular weight excluding hydrogens is 208 g/mol. The zero-order valence-corrected chi connectivity index (χ0v) is 10.5. The highest BCUT2D eigenvalue weighted by Gasteiger charge is 2.37. The largest absolute Gasteiger partial charge is 0.500 e. The van der Waals surface area contributed by atoms with Gasteiger partial charge in [-0.1, -0.05) is 0 Å². The van der Waals surface area contributed by atoms with Crippen molar-refractivity contribution in [1.29, 1.82) is 0 Å². The van der Waals surface area contributed by atoms with Gasteiger partial charge in [-0.15, -0.1) is 12.6 Å². The van der Waals surface area contributed by atoms with Crippen LogP contribution in [0.1, 0.15) is 6.42 Å². The fourth-order valence-corrected chi connectivity index (χ4v) is 3.07. The van der Waals surface area contributed by atoms with E-state index in [-0.39, 0.29) is 5.44 Å². The van der Waals surface area contributed by atoms with E-state index >= 15 is 0 Å². The Balaban J connectivity index is 3.95. The highest BCUT2D eigenvalue weighted by atomic mass is 32.1. The number of methoxy groups -OCH3 is 1. The number of rotatable bonds is 7. The number of ether oxygens (including phenoxy) is 1. The van der Waals surface area contributed by atoms with E-state index in [9.17, 15) is 0 Å². The molecule has 0 aromatic heterocycles. The molecule has 4 nitrogen and oxygen atoms in total. The highest BCUT2D eigenvalue weighted by Crippen LogP contribution is 2.18. The van der Waals surface area contributed by atoms with Gasteiger partial charge in [0.15, 0.2) is 0 Å². The van der Waals surface area contributed by atoms with Crippen LogP contribution in [-0.2, 0) is 18.0 Å². The molecule has 80 valence electrons. The summed E-state index contributed by atoms with van der Waals surface area (Å²) in [7, 11) is 3.98. The third kappa shape index (κ3) is 4.43. The van der Waals surface area contributed by atoms with E-state index in [4.69, 9.17) is 18.0 Å². The van der Waals surface area contributed by atoms with Gasteiger partial charge in [0.25, 0.3) is 0 Å². The van der Waals surface area contributed by atoms with Crippen LogP contribution in [0.5, 0.6) is 0 Å². The van der Waals surface area contributed by atoms with Gasteiger partial charge in [-0.3, -0.25) is 0 Å². The van der Waals surface area contributed by atoms with Gasteiger partial charge in [0, 0.05) is 34.5 Å². The van der Waals surface area contributed by atoms with Crippen molar-refractivity contribution in [1.82, 2.24) is 0 Å². The predicted octanol–water partition coefficient (Wildman–Crippen LogP) is 1.16. The van der Waals surface area contributed by atoms with E-state index in [0.717, 1.165) is 6.42 Å². The molecule has 1 unspecified atom stereocenters. The van der Waals surface area contributed by atoms with Crippen molar-refractivity contribution in [3.8, 4) is 0 Å². The molecule has 1 atom stereocenters. The van der Waals surface area contributed by atoms with Crippen LogP contribution in [0.15, 0.2) is 0 Å². The maximum atomic E-state index is 5.24. The minimum absolute atomic E-state index is 0.0904. The van der Waals surface area contributed by atoms with Gasteiger partial charge in [0.1, 0.15) is 0 Å². The molecule has 0 saturated heterocycles. The van der Waals surface area contributed by atoms with Gasteiger partial charge < -0.3 is 18.0 Å². The van der Waals surface area contributed by atoms with Crippen molar-refractivity contribution >= 4 is 21.4 Å². The number of hydrogen-bond donors (Lipinski definition) is 1. The Hall–Kier alpha value is 0.407. The molecule has 0 bridgehead atoms. The fourth-order valence-electron chi connectivity index (χ4n) is 0.974. The van der Waals surface area contributed by atoms with Crippen molar-refractivity contribution in [3.63, 3.8) is 0 Å². The summed E-state index contributed by atoms with van der Waals surface area (Å²) in [4.78, 5) is 0. The topological polar surface area (TPSA) is 36.9 Å². The lowest BCUT2D eigenvalue weighted by Gasteiger charge is -2.25. The Bertz CT molecular complexity index is 123. The highest BCUT2D eigenvalue weighted by molar-refractivity contribution is 7.80. The van der Waals surface area contributed by atoms with Crippen LogP contribution >= 0.6 is 12.6 Å². The van der Waals surface area contributed by atoms with Gasteiger partial charge in [-0.25, -0.2) is 0 Å². The molecule has 0 aliphatic rings. The van der Waals surface area contributed by atoms with Gasteiger partial charge in [-0.2, -0.15) is 0 Å². The van der Waals surface area contributed by atoms with Crippen LogP contribution < -0.4 is 0 Å². The summed E-state index contributed by atoms with van der Waals surface area (Å²) in [6.45, 7) is 0. The molecule has 0 saturated carbocycles. The summed E-state index contributed by atoms with van der Waals surface area (Å²) in [5, 5.41) is 0. The number of hydrogen-bond acceptors (Lipinski definition) is 5. The van der Waals surface area contributed by atoms with Gasteiger partial charge in [-0.05, 0) is 6.42 Å². The van der Waals surface area contributed by atoms with Crippen molar-refractivity contribution in [2.75, 3.05) is 28.4 Å². The maximum absolute atomic E-state index is 5.24. The molecule has 0 aliphatic carbocycles. The zero-order chi connectivity index (χ0) is 10.3. The van der Waals surface area contributed by atoms with Crippen molar-refractivity contribution in [2.24, 2.45) is 0 Å². The smallest absolute Gasteiger partial charge is 0.377 e. The van der Waals surface area contributed by atoms with Crippen LogP contribution in [0.25, 0.3) is 0 Å². The Kier molecular flexibility index (Phi) is 7.01. The lowest BCUT2D eigenvalue weighted by Crippen LogP contribution is -2.43. The van der Waals surface area contributed by atoms with Crippen LogP contribution in [0, 0.1) is 0 Å². The average Bonchev–Trinajstić information content (AvgIpc) is 2.20. The molecule has 0 N–H and O–H groups in total. The number of thiol groups is 1. The van der Waals surface area contributed by atoms with Gasteiger partial charge >= 0.3 is 8.80 Å². The van der Waals surface area contributed by atoms with Crippen molar-refractivity contribution in [2.45, 2.75) is 17.9 Å². The van der Waals surface area contributed by atoms with Crippen LogP contribution in [0.4, 0.5) is 0 Å². The van der Waals surface area contributed by atoms with Crippen LogP contribution in [0.3, 0.4) is 0 Å². The molecule has 0 heterocycles. The lowest BCUT2D eigenvalue weighted by atomic mass is 10.5. The molecule has 0 spiro atoms. The Labute approximate surface area is 86.3 Å². The minimum atomic E-state index is -2.43. The quantitative estimate of drug-likeness (QED) is 0.401. The summed E-state index contributed by atoms with van der Waals surface area (Å²) in [5.74, 6) is 0. The second kappa shape index (κ2) is 6.80. The molecule has 0 aliphatic heterocycles. The molecule has 0 fully saturated rings. The first-order valence-electron chi connectivity index (χ1n) is 4.00. The van der Waals surface area contributed by atoms with E-state index in [0.29, 0.717) is 6.04 Å². The zero-order valence-electron chi connectivity index (χ0n) is 8.57. The maximum Gasteiger partial charge on any atom is 0.500 e. The third-order valence-electron chi connectivity index (χ3n) is 1.90. The monoisotopic (exact) mass is 226 g/mol. The van der Waals surface area contributed by atoms with E-state index in [1.165, 1.54) is 0 Å². The Morgan fingerprint density at radius 2 is 1.54 bits per heavy atom. The second-order valence-corrected chi connectivity index (χ2v) is 6.19. The molecule has 0 aromatic carbocycles. The Morgan fingerprint density at radius 1 is 1.08 bits per heavy atom. The lowest BCUT2D eigenvalue weighted by molar-refractivity contribution is 0.114. The van der Waals surface area contributed by atoms with Crippen molar-refractivity contribution < 1.29 is 18.0 Å². The van der Waals surface area contributed by atoms with Crippen molar-refractivity contribution in [3.05, 3.63) is 0 Å². The Morgan fingerprint density at radius 3 is 1.85 bits per heavy atom. The molecule has 0 aromatic rings. The van der Waals surface area contributed by atoms with E-state index in [1.54, 1.807) is 28.4 Å². The van der Waals surface area contributed by atoms with E-state index < -0.39 is 8.80 Å².